The van der Waals surface area contributed by atoms with Crippen LogP contribution in [0.2, 0.25) is 5.02 Å². The van der Waals surface area contributed by atoms with Gasteiger partial charge < -0.3 is 15.2 Å². The molecule has 130 valence electrons. The molecule has 1 atom stereocenters. The van der Waals surface area contributed by atoms with Crippen molar-refractivity contribution in [3.8, 4) is 0 Å². The van der Waals surface area contributed by atoms with E-state index in [4.69, 9.17) is 16.3 Å². The minimum absolute atomic E-state index is 0.250. The summed E-state index contributed by atoms with van der Waals surface area (Å²) < 4.78 is 5.40. The fourth-order valence-corrected chi connectivity index (χ4v) is 3.13. The standard InChI is InChI=1S/C18H22ClNO4/c1-2-3-7-15(16(21)22)20-17(23)18(8-10-24-11-9-18)13-5-4-6-14(19)12-13/h2-6,12,15H,7-11H2,1H3,(H,20,23)(H,21,22)/b3-2+. The van der Waals surface area contributed by atoms with Crippen molar-refractivity contribution in [2.24, 2.45) is 0 Å². The van der Waals surface area contributed by atoms with E-state index in [9.17, 15) is 14.7 Å². The van der Waals surface area contributed by atoms with Crippen molar-refractivity contribution >= 4 is 23.5 Å². The number of carbonyl (C=O) groups is 2. The molecule has 1 aliphatic rings. The van der Waals surface area contributed by atoms with Crippen LogP contribution in [0.1, 0.15) is 31.7 Å². The Hall–Kier alpha value is -1.85. The number of allylic oxidation sites excluding steroid dienone is 1. The average molecular weight is 352 g/mol. The molecule has 1 aromatic carbocycles. The molecule has 0 spiro atoms. The molecule has 0 radical (unpaired) electrons. The van der Waals surface area contributed by atoms with Crippen molar-refractivity contribution in [1.29, 1.82) is 0 Å². The highest BCUT2D eigenvalue weighted by Crippen LogP contribution is 2.36. The van der Waals surface area contributed by atoms with Gasteiger partial charge in [0.2, 0.25) is 5.91 Å². The summed E-state index contributed by atoms with van der Waals surface area (Å²) >= 11 is 6.09. The van der Waals surface area contributed by atoms with Crippen LogP contribution in [0.3, 0.4) is 0 Å². The number of amides is 1. The summed E-state index contributed by atoms with van der Waals surface area (Å²) in [4.78, 5) is 24.4. The number of ether oxygens (including phenoxy) is 1. The maximum absolute atomic E-state index is 13.0. The second kappa shape index (κ2) is 8.31. The summed E-state index contributed by atoms with van der Waals surface area (Å²) in [6, 6.07) is 6.23. The molecule has 2 N–H and O–H groups in total. The Morgan fingerprint density at radius 3 is 2.71 bits per heavy atom. The lowest BCUT2D eigenvalue weighted by molar-refractivity contribution is -0.143. The molecule has 0 saturated carbocycles. The third-order valence-electron chi connectivity index (χ3n) is 4.37. The van der Waals surface area contributed by atoms with Gasteiger partial charge in [0.05, 0.1) is 5.41 Å². The molecular formula is C18H22ClNO4. The van der Waals surface area contributed by atoms with Gasteiger partial charge in [-0.25, -0.2) is 4.79 Å². The lowest BCUT2D eigenvalue weighted by Crippen LogP contribution is -2.52. The average Bonchev–Trinajstić information content (AvgIpc) is 2.58. The first-order valence-electron chi connectivity index (χ1n) is 7.98. The molecule has 24 heavy (non-hydrogen) atoms. The van der Waals surface area contributed by atoms with E-state index in [-0.39, 0.29) is 12.3 Å². The van der Waals surface area contributed by atoms with E-state index in [1.807, 2.05) is 13.0 Å². The molecule has 6 heteroatoms. The van der Waals surface area contributed by atoms with Crippen LogP contribution in [-0.4, -0.2) is 36.2 Å². The number of hydrogen-bond donors (Lipinski definition) is 2. The maximum Gasteiger partial charge on any atom is 0.326 e. The lowest BCUT2D eigenvalue weighted by Gasteiger charge is -2.37. The first-order valence-corrected chi connectivity index (χ1v) is 8.36. The summed E-state index contributed by atoms with van der Waals surface area (Å²) in [6.07, 6.45) is 4.74. The molecule has 0 aliphatic carbocycles. The van der Waals surface area contributed by atoms with E-state index >= 15 is 0 Å². The number of halogens is 1. The van der Waals surface area contributed by atoms with Crippen molar-refractivity contribution < 1.29 is 19.4 Å². The lowest BCUT2D eigenvalue weighted by atomic mass is 9.73. The monoisotopic (exact) mass is 351 g/mol. The Morgan fingerprint density at radius 1 is 1.42 bits per heavy atom. The summed E-state index contributed by atoms with van der Waals surface area (Å²) in [7, 11) is 0. The van der Waals surface area contributed by atoms with Gasteiger partial charge in [-0.1, -0.05) is 35.9 Å². The normalized spacial score (nSPS) is 18.2. The number of nitrogens with one attached hydrogen (secondary N) is 1. The molecule has 1 aromatic rings. The predicted molar refractivity (Wildman–Crippen MR) is 92.2 cm³/mol. The smallest absolute Gasteiger partial charge is 0.326 e. The van der Waals surface area contributed by atoms with Crippen LogP contribution < -0.4 is 5.32 Å². The number of rotatable bonds is 6. The van der Waals surface area contributed by atoms with Crippen LogP contribution in [0.15, 0.2) is 36.4 Å². The maximum atomic E-state index is 13.0. The highest BCUT2D eigenvalue weighted by molar-refractivity contribution is 6.30. The summed E-state index contributed by atoms with van der Waals surface area (Å²) in [5, 5.41) is 12.6. The highest BCUT2D eigenvalue weighted by Gasteiger charge is 2.43. The Balaban J connectivity index is 2.30. The first kappa shape index (κ1) is 18.5. The molecule has 1 heterocycles. The van der Waals surface area contributed by atoms with Gasteiger partial charge in [-0.15, -0.1) is 0 Å². The minimum atomic E-state index is -1.05. The fourth-order valence-electron chi connectivity index (χ4n) is 2.94. The zero-order valence-corrected chi connectivity index (χ0v) is 14.4. The Labute approximate surface area is 146 Å². The molecule has 1 amide bonds. The highest BCUT2D eigenvalue weighted by atomic mass is 35.5. The minimum Gasteiger partial charge on any atom is -0.480 e. The van der Waals surface area contributed by atoms with Crippen LogP contribution in [0.5, 0.6) is 0 Å². The van der Waals surface area contributed by atoms with Gasteiger partial charge in [0.25, 0.3) is 0 Å². The molecule has 2 rings (SSSR count). The summed E-state index contributed by atoms with van der Waals surface area (Å²) in [6.45, 7) is 2.71. The third-order valence-corrected chi connectivity index (χ3v) is 4.60. The predicted octanol–water partition coefficient (Wildman–Crippen LogP) is 2.92. The Bertz CT molecular complexity index is 623. The summed E-state index contributed by atoms with van der Waals surface area (Å²) in [5.74, 6) is -1.33. The van der Waals surface area contributed by atoms with Gasteiger partial charge in [-0.3, -0.25) is 4.79 Å². The third kappa shape index (κ3) is 4.16. The van der Waals surface area contributed by atoms with Gasteiger partial charge in [0.15, 0.2) is 0 Å². The topological polar surface area (TPSA) is 75.6 Å². The van der Waals surface area contributed by atoms with Gasteiger partial charge in [-0.2, -0.15) is 0 Å². The number of aliphatic carboxylic acids is 1. The van der Waals surface area contributed by atoms with Crippen molar-refractivity contribution in [3.05, 3.63) is 47.0 Å². The van der Waals surface area contributed by atoms with Crippen LogP contribution in [-0.2, 0) is 19.7 Å². The fraction of sp³-hybridized carbons (Fsp3) is 0.444. The Morgan fingerprint density at radius 2 is 2.12 bits per heavy atom. The van der Waals surface area contributed by atoms with Crippen molar-refractivity contribution in [2.75, 3.05) is 13.2 Å². The van der Waals surface area contributed by atoms with Crippen molar-refractivity contribution in [2.45, 2.75) is 37.6 Å². The quantitative estimate of drug-likeness (QED) is 0.773. The molecule has 0 aromatic heterocycles. The van der Waals surface area contributed by atoms with E-state index in [1.54, 1.807) is 30.4 Å². The van der Waals surface area contributed by atoms with Gasteiger partial charge in [-0.05, 0) is 43.9 Å². The molecule has 0 bridgehead atoms. The number of hydrogen-bond acceptors (Lipinski definition) is 3. The first-order chi connectivity index (χ1) is 11.5. The van der Waals surface area contributed by atoms with Crippen LogP contribution in [0.25, 0.3) is 0 Å². The molecule has 1 fully saturated rings. The number of carbonyl (C=O) groups excluding carboxylic acids is 1. The number of benzene rings is 1. The van der Waals surface area contributed by atoms with E-state index in [0.717, 1.165) is 5.56 Å². The second-order valence-corrected chi connectivity index (χ2v) is 6.31. The second-order valence-electron chi connectivity index (χ2n) is 5.87. The van der Waals surface area contributed by atoms with E-state index < -0.39 is 17.4 Å². The summed E-state index contributed by atoms with van der Waals surface area (Å²) in [5.41, 5.74) is -0.0155. The zero-order valence-electron chi connectivity index (χ0n) is 13.6. The largest absolute Gasteiger partial charge is 0.480 e. The number of carboxylic acid groups (broad SMARTS) is 1. The molecule has 1 aliphatic heterocycles. The van der Waals surface area contributed by atoms with E-state index in [0.29, 0.717) is 31.1 Å². The van der Waals surface area contributed by atoms with Crippen molar-refractivity contribution in [1.82, 2.24) is 5.32 Å². The van der Waals surface area contributed by atoms with Gasteiger partial charge in [0.1, 0.15) is 6.04 Å². The van der Waals surface area contributed by atoms with Crippen molar-refractivity contribution in [3.63, 3.8) is 0 Å². The molecule has 5 nitrogen and oxygen atoms in total. The van der Waals surface area contributed by atoms with E-state index in [2.05, 4.69) is 5.32 Å². The SMILES string of the molecule is C/C=C/CC(NC(=O)C1(c2cccc(Cl)c2)CCOCC1)C(=O)O. The zero-order chi connectivity index (χ0) is 17.6. The number of carboxylic acids is 1. The molecule has 1 unspecified atom stereocenters. The molecule has 1 saturated heterocycles. The van der Waals surface area contributed by atoms with Gasteiger partial charge >= 0.3 is 5.97 Å². The van der Waals surface area contributed by atoms with Crippen LogP contribution in [0, 0.1) is 0 Å². The molecular weight excluding hydrogens is 330 g/mol. The van der Waals surface area contributed by atoms with Crippen LogP contribution >= 0.6 is 11.6 Å². The van der Waals surface area contributed by atoms with Crippen LogP contribution in [0.4, 0.5) is 0 Å². The van der Waals surface area contributed by atoms with Gasteiger partial charge in [0, 0.05) is 18.2 Å². The Kier molecular flexibility index (Phi) is 6.40. The van der Waals surface area contributed by atoms with E-state index in [1.165, 1.54) is 0 Å².